The van der Waals surface area contributed by atoms with Gasteiger partial charge in [0.15, 0.2) is 0 Å². The van der Waals surface area contributed by atoms with Gasteiger partial charge in [0.25, 0.3) is 0 Å². The molecule has 2 heterocycles. The summed E-state index contributed by atoms with van der Waals surface area (Å²) in [6, 6.07) is -0.272. The quantitative estimate of drug-likeness (QED) is 0.870. The molecule has 0 radical (unpaired) electrons. The first-order chi connectivity index (χ1) is 9.20. The second-order valence-electron chi connectivity index (χ2n) is 4.29. The van der Waals surface area contributed by atoms with Crippen LogP contribution in [0.1, 0.15) is 12.6 Å². The first-order valence-electron chi connectivity index (χ1n) is 6.26. The zero-order chi connectivity index (χ0) is 13.7. The lowest BCUT2D eigenvalue weighted by molar-refractivity contribution is -0.132. The van der Waals surface area contributed by atoms with E-state index >= 15 is 0 Å². The molecule has 0 saturated carbocycles. The summed E-state index contributed by atoms with van der Waals surface area (Å²) >= 11 is 5.70. The van der Waals surface area contributed by atoms with Crippen LogP contribution < -0.4 is 5.32 Å². The van der Waals surface area contributed by atoms with Crippen molar-refractivity contribution < 1.29 is 9.53 Å². The number of halogens is 1. The number of hydrogen-bond acceptors (Lipinski definition) is 5. The van der Waals surface area contributed by atoms with Gasteiger partial charge in [0, 0.05) is 19.6 Å². The molecule has 1 aliphatic rings. The lowest BCUT2D eigenvalue weighted by Gasteiger charge is -2.34. The molecule has 1 unspecified atom stereocenters. The molecule has 1 aromatic heterocycles. The zero-order valence-electron chi connectivity index (χ0n) is 10.8. The number of aromatic nitrogens is 2. The van der Waals surface area contributed by atoms with Crippen LogP contribution in [-0.2, 0) is 16.1 Å². The SMILES string of the molecule is CCNC(=O)C1COCCN1Cc1cnc(Cl)cn1. The van der Waals surface area contributed by atoms with E-state index in [4.69, 9.17) is 16.3 Å². The van der Waals surface area contributed by atoms with Crippen LogP contribution in [-0.4, -0.2) is 53.1 Å². The van der Waals surface area contributed by atoms with Crippen molar-refractivity contribution >= 4 is 17.5 Å². The molecule has 0 aliphatic carbocycles. The average Bonchev–Trinajstić information content (AvgIpc) is 2.42. The first-order valence-corrected chi connectivity index (χ1v) is 6.64. The van der Waals surface area contributed by atoms with Crippen LogP contribution >= 0.6 is 11.6 Å². The summed E-state index contributed by atoms with van der Waals surface area (Å²) in [5, 5.41) is 3.19. The predicted molar refractivity (Wildman–Crippen MR) is 70.7 cm³/mol. The van der Waals surface area contributed by atoms with E-state index < -0.39 is 0 Å². The van der Waals surface area contributed by atoms with Crippen molar-refractivity contribution in [2.75, 3.05) is 26.3 Å². The first kappa shape index (κ1) is 14.2. The fraction of sp³-hybridized carbons (Fsp3) is 0.583. The molecule has 1 fully saturated rings. The van der Waals surface area contributed by atoms with Crippen molar-refractivity contribution in [2.24, 2.45) is 0 Å². The number of ether oxygens (including phenoxy) is 1. The van der Waals surface area contributed by atoms with E-state index in [1.165, 1.54) is 6.20 Å². The summed E-state index contributed by atoms with van der Waals surface area (Å²) in [5.41, 5.74) is 0.792. The van der Waals surface area contributed by atoms with Crippen molar-refractivity contribution in [3.63, 3.8) is 0 Å². The Morgan fingerprint density at radius 2 is 2.42 bits per heavy atom. The van der Waals surface area contributed by atoms with E-state index in [0.29, 0.717) is 38.0 Å². The van der Waals surface area contributed by atoms with Crippen LogP contribution in [0.5, 0.6) is 0 Å². The Hall–Kier alpha value is -1.24. The number of nitrogens with one attached hydrogen (secondary N) is 1. The Morgan fingerprint density at radius 1 is 1.58 bits per heavy atom. The summed E-state index contributed by atoms with van der Waals surface area (Å²) in [5.74, 6) is -0.0101. The van der Waals surface area contributed by atoms with Crippen molar-refractivity contribution in [3.8, 4) is 0 Å². The monoisotopic (exact) mass is 284 g/mol. The van der Waals surface area contributed by atoms with Gasteiger partial charge in [-0.3, -0.25) is 14.7 Å². The normalized spacial score (nSPS) is 20.2. The molecule has 2 rings (SSSR count). The van der Waals surface area contributed by atoms with Crippen molar-refractivity contribution in [3.05, 3.63) is 23.2 Å². The largest absolute Gasteiger partial charge is 0.378 e. The van der Waals surface area contributed by atoms with Crippen LogP contribution in [0.2, 0.25) is 5.15 Å². The van der Waals surface area contributed by atoms with Gasteiger partial charge in [-0.25, -0.2) is 4.98 Å². The Kier molecular flexibility index (Phi) is 5.07. The van der Waals surface area contributed by atoms with E-state index in [1.54, 1.807) is 6.20 Å². The summed E-state index contributed by atoms with van der Waals surface area (Å²) in [4.78, 5) is 22.2. The minimum Gasteiger partial charge on any atom is -0.378 e. The number of carbonyl (C=O) groups is 1. The summed E-state index contributed by atoms with van der Waals surface area (Å²) < 4.78 is 5.38. The van der Waals surface area contributed by atoms with E-state index in [9.17, 15) is 4.79 Å². The molecule has 6 nitrogen and oxygen atoms in total. The molecule has 1 atom stereocenters. The Bertz CT molecular complexity index is 426. The molecule has 1 aliphatic heterocycles. The minimum atomic E-state index is -0.272. The number of rotatable bonds is 4. The van der Waals surface area contributed by atoms with Crippen LogP contribution in [0, 0.1) is 0 Å². The smallest absolute Gasteiger partial charge is 0.239 e. The summed E-state index contributed by atoms with van der Waals surface area (Å²) in [6.07, 6.45) is 3.14. The third kappa shape index (κ3) is 3.86. The molecule has 1 aromatic rings. The molecular formula is C12H17ClN4O2. The molecule has 0 spiro atoms. The maximum absolute atomic E-state index is 12.0. The highest BCUT2D eigenvalue weighted by atomic mass is 35.5. The summed E-state index contributed by atoms with van der Waals surface area (Å²) in [7, 11) is 0. The molecule has 104 valence electrons. The molecule has 1 N–H and O–H groups in total. The molecule has 19 heavy (non-hydrogen) atoms. The van der Waals surface area contributed by atoms with E-state index in [-0.39, 0.29) is 11.9 Å². The van der Waals surface area contributed by atoms with Gasteiger partial charge in [0.05, 0.1) is 31.3 Å². The molecule has 7 heteroatoms. The molecular weight excluding hydrogens is 268 g/mol. The van der Waals surface area contributed by atoms with Crippen LogP contribution in [0.25, 0.3) is 0 Å². The number of morpholine rings is 1. The minimum absolute atomic E-state index is 0.0101. The molecule has 1 amide bonds. The van der Waals surface area contributed by atoms with Crippen molar-refractivity contribution in [1.29, 1.82) is 0 Å². The summed E-state index contributed by atoms with van der Waals surface area (Å²) in [6.45, 7) is 4.81. The maximum atomic E-state index is 12.0. The van der Waals surface area contributed by atoms with Gasteiger partial charge in [-0.2, -0.15) is 0 Å². The van der Waals surface area contributed by atoms with Gasteiger partial charge in [0.2, 0.25) is 5.91 Å². The van der Waals surface area contributed by atoms with Crippen molar-refractivity contribution in [1.82, 2.24) is 20.2 Å². The van der Waals surface area contributed by atoms with Gasteiger partial charge in [-0.1, -0.05) is 11.6 Å². The van der Waals surface area contributed by atoms with Crippen molar-refractivity contribution in [2.45, 2.75) is 19.5 Å². The maximum Gasteiger partial charge on any atom is 0.239 e. The number of nitrogens with zero attached hydrogens (tertiary/aromatic N) is 3. The lowest BCUT2D eigenvalue weighted by Crippen LogP contribution is -2.53. The van der Waals surface area contributed by atoms with Gasteiger partial charge in [-0.15, -0.1) is 0 Å². The van der Waals surface area contributed by atoms with E-state index in [2.05, 4.69) is 15.3 Å². The highest BCUT2D eigenvalue weighted by molar-refractivity contribution is 6.29. The number of likely N-dealkylation sites (N-methyl/N-ethyl adjacent to an activating group) is 1. The van der Waals surface area contributed by atoms with E-state index in [1.807, 2.05) is 11.8 Å². The fourth-order valence-corrected chi connectivity index (χ4v) is 2.09. The Morgan fingerprint density at radius 3 is 3.11 bits per heavy atom. The second kappa shape index (κ2) is 6.79. The molecule has 0 aromatic carbocycles. The highest BCUT2D eigenvalue weighted by Crippen LogP contribution is 2.12. The van der Waals surface area contributed by atoms with Gasteiger partial charge < -0.3 is 10.1 Å². The van der Waals surface area contributed by atoms with Gasteiger partial charge >= 0.3 is 0 Å². The van der Waals surface area contributed by atoms with Crippen LogP contribution in [0.3, 0.4) is 0 Å². The third-order valence-electron chi connectivity index (χ3n) is 2.93. The fourth-order valence-electron chi connectivity index (χ4n) is 1.99. The molecule has 0 bridgehead atoms. The standard InChI is InChI=1S/C12H17ClN4O2/c1-2-14-12(18)10-8-19-4-3-17(10)7-9-5-16-11(13)6-15-9/h5-6,10H,2-4,7-8H2,1H3,(H,14,18). The topological polar surface area (TPSA) is 67.3 Å². The number of hydrogen-bond donors (Lipinski definition) is 1. The number of amides is 1. The van der Waals surface area contributed by atoms with Crippen LogP contribution in [0.4, 0.5) is 0 Å². The lowest BCUT2D eigenvalue weighted by atomic mass is 10.2. The van der Waals surface area contributed by atoms with Gasteiger partial charge in [-0.05, 0) is 6.92 Å². The second-order valence-corrected chi connectivity index (χ2v) is 4.67. The highest BCUT2D eigenvalue weighted by Gasteiger charge is 2.29. The zero-order valence-corrected chi connectivity index (χ0v) is 11.6. The third-order valence-corrected chi connectivity index (χ3v) is 3.13. The number of carbonyl (C=O) groups excluding carboxylic acids is 1. The Labute approximate surface area is 117 Å². The van der Waals surface area contributed by atoms with Gasteiger partial charge in [0.1, 0.15) is 11.2 Å². The van der Waals surface area contributed by atoms with Crippen LogP contribution in [0.15, 0.2) is 12.4 Å². The predicted octanol–water partition coefficient (Wildman–Crippen LogP) is 0.467. The molecule has 1 saturated heterocycles. The Balaban J connectivity index is 2.03. The average molecular weight is 285 g/mol. The van der Waals surface area contributed by atoms with E-state index in [0.717, 1.165) is 5.69 Å².